The van der Waals surface area contributed by atoms with E-state index in [1.807, 2.05) is 45.4 Å². The lowest BCUT2D eigenvalue weighted by atomic mass is 10.0. The van der Waals surface area contributed by atoms with Crippen molar-refractivity contribution in [2.24, 2.45) is 0 Å². The predicted octanol–water partition coefficient (Wildman–Crippen LogP) is 4.44. The molecule has 3 N–H and O–H groups in total. The van der Waals surface area contributed by atoms with Crippen LogP contribution in [-0.4, -0.2) is 66.7 Å². The Morgan fingerprint density at radius 1 is 1.13 bits per heavy atom. The summed E-state index contributed by atoms with van der Waals surface area (Å²) >= 11 is 0. The van der Waals surface area contributed by atoms with Crippen molar-refractivity contribution in [3.63, 3.8) is 0 Å². The number of ether oxygens (including phenoxy) is 2. The third-order valence-corrected chi connectivity index (χ3v) is 7.37. The van der Waals surface area contributed by atoms with E-state index in [9.17, 15) is 4.79 Å². The second kappa shape index (κ2) is 9.77. The van der Waals surface area contributed by atoms with Crippen LogP contribution in [0, 0.1) is 0 Å². The van der Waals surface area contributed by atoms with Gasteiger partial charge in [0.15, 0.2) is 5.69 Å². The molecule has 2 aromatic heterocycles. The molecule has 0 saturated heterocycles. The summed E-state index contributed by atoms with van der Waals surface area (Å²) in [6, 6.07) is 12.5. The number of fused-ring (bicyclic) bond motifs is 2. The maximum Gasteiger partial charge on any atom is 0.357 e. The Hall–Kier alpha value is -4.31. The minimum atomic E-state index is -0.452. The van der Waals surface area contributed by atoms with Crippen LogP contribution >= 0.6 is 0 Å². The molecule has 2 aromatic carbocycles. The van der Waals surface area contributed by atoms with Crippen LogP contribution in [0.3, 0.4) is 0 Å². The first kappa shape index (κ1) is 25.0. The number of aromatic nitrogens is 3. The molecule has 1 fully saturated rings. The monoisotopic (exact) mass is 527 g/mol. The van der Waals surface area contributed by atoms with E-state index in [2.05, 4.69) is 43.0 Å². The SMILES string of the molecule is COc1cc(N(C)CCN(C)C)c(N)cc1Nc1nc2c(c(-c3cn(C4CC4)c4ccccc34)n1)COC2=O. The van der Waals surface area contributed by atoms with Crippen molar-refractivity contribution in [1.29, 1.82) is 0 Å². The Morgan fingerprint density at radius 3 is 2.64 bits per heavy atom. The van der Waals surface area contributed by atoms with Crippen LogP contribution in [0.15, 0.2) is 42.6 Å². The van der Waals surface area contributed by atoms with Gasteiger partial charge < -0.3 is 34.9 Å². The molecule has 3 heterocycles. The molecule has 1 aliphatic carbocycles. The molecule has 0 amide bonds. The summed E-state index contributed by atoms with van der Waals surface area (Å²) in [6.45, 7) is 1.84. The topological polar surface area (TPSA) is 111 Å². The lowest BCUT2D eigenvalue weighted by Gasteiger charge is -2.24. The zero-order valence-electron chi connectivity index (χ0n) is 22.7. The molecule has 2 aliphatic rings. The summed E-state index contributed by atoms with van der Waals surface area (Å²) in [4.78, 5) is 26.3. The minimum Gasteiger partial charge on any atom is -0.494 e. The fourth-order valence-electron chi connectivity index (χ4n) is 5.10. The summed E-state index contributed by atoms with van der Waals surface area (Å²) in [5, 5.41) is 4.35. The van der Waals surface area contributed by atoms with Gasteiger partial charge in [-0.1, -0.05) is 18.2 Å². The highest BCUT2D eigenvalue weighted by atomic mass is 16.5. The Kier molecular flexibility index (Phi) is 6.26. The third kappa shape index (κ3) is 4.61. The highest BCUT2D eigenvalue weighted by Gasteiger charge is 2.32. The lowest BCUT2D eigenvalue weighted by molar-refractivity contribution is 0.0531. The van der Waals surface area contributed by atoms with Gasteiger partial charge in [-0.2, -0.15) is 0 Å². The summed E-state index contributed by atoms with van der Waals surface area (Å²) < 4.78 is 13.4. The van der Waals surface area contributed by atoms with Gasteiger partial charge in [-0.15, -0.1) is 0 Å². The fraction of sp³-hybridized carbons (Fsp3) is 0.345. The van der Waals surface area contributed by atoms with Crippen LogP contribution in [0.2, 0.25) is 0 Å². The second-order valence-corrected chi connectivity index (χ2v) is 10.5. The molecule has 1 saturated carbocycles. The fourth-order valence-corrected chi connectivity index (χ4v) is 5.10. The molecule has 10 heteroatoms. The predicted molar refractivity (Wildman–Crippen MR) is 153 cm³/mol. The summed E-state index contributed by atoms with van der Waals surface area (Å²) in [6.07, 6.45) is 4.47. The molecule has 202 valence electrons. The molecular formula is C29H33N7O3. The summed E-state index contributed by atoms with van der Waals surface area (Å²) in [7, 11) is 7.69. The molecule has 0 radical (unpaired) electrons. The van der Waals surface area contributed by atoms with Crippen LogP contribution in [-0.2, 0) is 11.3 Å². The van der Waals surface area contributed by atoms with Crippen molar-refractivity contribution >= 4 is 39.9 Å². The molecule has 0 spiro atoms. The number of nitrogens with two attached hydrogens (primary N) is 1. The van der Waals surface area contributed by atoms with Crippen LogP contribution in [0.25, 0.3) is 22.2 Å². The minimum absolute atomic E-state index is 0.150. The summed E-state index contributed by atoms with van der Waals surface area (Å²) in [5.74, 6) is 0.415. The van der Waals surface area contributed by atoms with Gasteiger partial charge in [-0.3, -0.25) is 0 Å². The van der Waals surface area contributed by atoms with Crippen molar-refractivity contribution < 1.29 is 14.3 Å². The van der Waals surface area contributed by atoms with E-state index in [-0.39, 0.29) is 18.2 Å². The third-order valence-electron chi connectivity index (χ3n) is 7.37. The molecule has 0 bridgehead atoms. The standard InChI is InChI=1S/C29H33N7O3/c1-34(2)11-12-35(3)24-14-25(38-4)22(13-21(24)30)31-29-32-26(20-16-39-28(37)27(20)33-29)19-15-36(17-9-10-17)23-8-6-5-7-18(19)23/h5-8,13-15,17H,9-12,16,30H2,1-4H3,(H,31,32,33). The average molecular weight is 528 g/mol. The number of para-hydroxylation sites is 1. The van der Waals surface area contributed by atoms with Gasteiger partial charge in [0.25, 0.3) is 0 Å². The zero-order chi connectivity index (χ0) is 27.3. The lowest BCUT2D eigenvalue weighted by Crippen LogP contribution is -2.29. The number of rotatable bonds is 9. The van der Waals surface area contributed by atoms with E-state index in [1.54, 1.807) is 7.11 Å². The van der Waals surface area contributed by atoms with E-state index in [1.165, 1.54) is 0 Å². The number of likely N-dealkylation sites (N-methyl/N-ethyl adjacent to an activating group) is 2. The molecule has 6 rings (SSSR count). The van der Waals surface area contributed by atoms with Crippen LogP contribution in [0.1, 0.15) is 34.9 Å². The largest absolute Gasteiger partial charge is 0.494 e. The molecular weight excluding hydrogens is 494 g/mol. The van der Waals surface area contributed by atoms with E-state index in [0.29, 0.717) is 34.4 Å². The van der Waals surface area contributed by atoms with Crippen LogP contribution < -0.4 is 20.7 Å². The number of nitrogens with one attached hydrogen (secondary N) is 1. The first-order valence-corrected chi connectivity index (χ1v) is 13.1. The van der Waals surface area contributed by atoms with Gasteiger partial charge in [0.2, 0.25) is 5.95 Å². The quantitative estimate of drug-likeness (QED) is 0.241. The van der Waals surface area contributed by atoms with Crippen LogP contribution in [0.5, 0.6) is 5.75 Å². The molecule has 10 nitrogen and oxygen atoms in total. The van der Waals surface area contributed by atoms with Gasteiger partial charge in [0.1, 0.15) is 12.4 Å². The van der Waals surface area contributed by atoms with E-state index >= 15 is 0 Å². The number of carbonyl (C=O) groups is 1. The van der Waals surface area contributed by atoms with Crippen molar-refractivity contribution in [3.05, 3.63) is 53.9 Å². The van der Waals surface area contributed by atoms with Crippen molar-refractivity contribution in [3.8, 4) is 17.0 Å². The number of nitrogen functional groups attached to an aromatic ring is 1. The first-order valence-electron chi connectivity index (χ1n) is 13.1. The molecule has 0 atom stereocenters. The normalized spacial score (nSPS) is 14.5. The number of hydrogen-bond donors (Lipinski definition) is 2. The van der Waals surface area contributed by atoms with Gasteiger partial charge in [0, 0.05) is 60.5 Å². The van der Waals surface area contributed by atoms with Gasteiger partial charge in [0.05, 0.1) is 29.9 Å². The Bertz CT molecular complexity index is 1580. The van der Waals surface area contributed by atoms with Crippen LogP contribution in [0.4, 0.5) is 23.0 Å². The zero-order valence-corrected chi connectivity index (χ0v) is 22.7. The molecule has 4 aromatic rings. The van der Waals surface area contributed by atoms with Gasteiger partial charge in [-0.25, -0.2) is 14.8 Å². The molecule has 0 unspecified atom stereocenters. The number of nitrogens with zero attached hydrogens (tertiary/aromatic N) is 5. The maximum atomic E-state index is 12.6. The highest BCUT2D eigenvalue weighted by molar-refractivity contribution is 6.00. The van der Waals surface area contributed by atoms with E-state index in [0.717, 1.165) is 48.1 Å². The number of methoxy groups -OCH3 is 1. The summed E-state index contributed by atoms with van der Waals surface area (Å²) in [5.41, 5.74) is 12.3. The van der Waals surface area contributed by atoms with Crippen molar-refractivity contribution in [1.82, 2.24) is 19.4 Å². The van der Waals surface area contributed by atoms with Crippen molar-refractivity contribution in [2.45, 2.75) is 25.5 Å². The number of carbonyl (C=O) groups excluding carboxylic acids is 1. The van der Waals surface area contributed by atoms with E-state index in [4.69, 9.17) is 20.2 Å². The van der Waals surface area contributed by atoms with Gasteiger partial charge in [-0.05, 0) is 39.1 Å². The Balaban J connectivity index is 1.41. The van der Waals surface area contributed by atoms with Gasteiger partial charge >= 0.3 is 5.97 Å². The Labute approximate surface area is 227 Å². The number of anilines is 4. The average Bonchev–Trinajstić information content (AvgIpc) is 3.60. The smallest absolute Gasteiger partial charge is 0.357 e. The number of cyclic esters (lactones) is 1. The number of hydrogen-bond acceptors (Lipinski definition) is 9. The van der Waals surface area contributed by atoms with Crippen molar-refractivity contribution in [2.75, 3.05) is 57.3 Å². The maximum absolute atomic E-state index is 12.6. The second-order valence-electron chi connectivity index (χ2n) is 10.5. The highest BCUT2D eigenvalue weighted by Crippen LogP contribution is 2.43. The number of benzene rings is 2. The van der Waals surface area contributed by atoms with E-state index < -0.39 is 5.97 Å². The first-order chi connectivity index (χ1) is 18.8. The molecule has 1 aliphatic heterocycles. The Morgan fingerprint density at radius 2 is 1.90 bits per heavy atom. The molecule has 39 heavy (non-hydrogen) atoms. The number of esters is 1.